The number of nitrogens with zero attached hydrogens (tertiary/aromatic N) is 1. The molecule has 1 heterocycles. The Balaban J connectivity index is 2.12. The van der Waals surface area contributed by atoms with E-state index in [1.807, 2.05) is 13.2 Å². The Labute approximate surface area is 144 Å². The topological polar surface area (TPSA) is 74.8 Å². The third kappa shape index (κ3) is 4.44. The summed E-state index contributed by atoms with van der Waals surface area (Å²) >= 11 is 1.34. The van der Waals surface area contributed by atoms with Crippen molar-refractivity contribution in [3.8, 4) is 0 Å². The minimum atomic E-state index is -0.318. The number of hydrogen-bond donors (Lipinski definition) is 2. The predicted octanol–water partition coefficient (Wildman–Crippen LogP) is 2.75. The quantitative estimate of drug-likeness (QED) is 0.621. The Morgan fingerprint density at radius 2 is 2.04 bits per heavy atom. The standard InChI is InChI=1S/C17H20FN3O2S/c1-4-14(11-5-7-12(18)8-6-11)20-15(22)9-13-10(2)19-17(24-3)21-16(13)23/h5-8,14H,4,9H2,1-3H3,(H,20,22)(H,19,21,23)/t14-/m1/s1. The number of aromatic amines is 1. The molecule has 1 amide bonds. The Morgan fingerprint density at radius 3 is 2.58 bits per heavy atom. The van der Waals surface area contributed by atoms with Crippen LogP contribution in [0.5, 0.6) is 0 Å². The van der Waals surface area contributed by atoms with E-state index >= 15 is 0 Å². The number of thioether (sulfide) groups is 1. The third-order valence-corrected chi connectivity index (χ3v) is 4.33. The SMILES string of the molecule is CC[C@@H](NC(=O)Cc1c(C)nc(SC)[nH]c1=O)c1ccc(F)cc1. The fourth-order valence-electron chi connectivity index (χ4n) is 2.41. The molecule has 2 rings (SSSR count). The zero-order valence-corrected chi connectivity index (χ0v) is 14.7. The molecule has 7 heteroatoms. The highest BCUT2D eigenvalue weighted by Crippen LogP contribution is 2.17. The zero-order valence-electron chi connectivity index (χ0n) is 13.9. The average Bonchev–Trinajstić information content (AvgIpc) is 2.56. The van der Waals surface area contributed by atoms with Gasteiger partial charge >= 0.3 is 0 Å². The lowest BCUT2D eigenvalue weighted by Crippen LogP contribution is -2.32. The molecule has 2 N–H and O–H groups in total. The first-order chi connectivity index (χ1) is 11.4. The number of hydrogen-bond acceptors (Lipinski definition) is 4. The molecule has 24 heavy (non-hydrogen) atoms. The van der Waals surface area contributed by atoms with Crippen molar-refractivity contribution in [2.45, 2.75) is 37.9 Å². The van der Waals surface area contributed by atoms with Crippen molar-refractivity contribution in [3.05, 3.63) is 57.3 Å². The lowest BCUT2D eigenvalue weighted by molar-refractivity contribution is -0.121. The zero-order chi connectivity index (χ0) is 17.7. The number of H-pyrrole nitrogens is 1. The maximum absolute atomic E-state index is 13.0. The van der Waals surface area contributed by atoms with Crippen molar-refractivity contribution < 1.29 is 9.18 Å². The number of carbonyl (C=O) groups is 1. The molecule has 0 radical (unpaired) electrons. The number of aryl methyl sites for hydroxylation is 1. The molecular formula is C17H20FN3O2S. The molecule has 0 spiro atoms. The molecule has 0 bridgehead atoms. The lowest BCUT2D eigenvalue weighted by Gasteiger charge is -2.17. The van der Waals surface area contributed by atoms with Crippen LogP contribution in [0.1, 0.15) is 36.2 Å². The van der Waals surface area contributed by atoms with E-state index in [0.29, 0.717) is 22.8 Å². The molecule has 128 valence electrons. The second-order valence-electron chi connectivity index (χ2n) is 5.40. The molecule has 0 saturated carbocycles. The van der Waals surface area contributed by atoms with Crippen molar-refractivity contribution in [1.82, 2.24) is 15.3 Å². The van der Waals surface area contributed by atoms with Gasteiger partial charge in [0.25, 0.3) is 5.56 Å². The fraction of sp³-hybridized carbons (Fsp3) is 0.353. The van der Waals surface area contributed by atoms with Crippen molar-refractivity contribution in [2.24, 2.45) is 0 Å². The van der Waals surface area contributed by atoms with E-state index in [1.165, 1.54) is 23.9 Å². The summed E-state index contributed by atoms with van der Waals surface area (Å²) in [7, 11) is 0. The summed E-state index contributed by atoms with van der Waals surface area (Å²) in [6, 6.07) is 5.80. The smallest absolute Gasteiger partial charge is 0.255 e. The summed E-state index contributed by atoms with van der Waals surface area (Å²) in [5.41, 5.74) is 1.44. The maximum atomic E-state index is 13.0. The number of nitrogens with one attached hydrogen (secondary N) is 2. The second kappa shape index (κ2) is 8.10. The van der Waals surface area contributed by atoms with Gasteiger partial charge in [-0.25, -0.2) is 9.37 Å². The lowest BCUT2D eigenvalue weighted by atomic mass is 10.0. The second-order valence-corrected chi connectivity index (χ2v) is 6.19. The van der Waals surface area contributed by atoms with E-state index in [2.05, 4.69) is 15.3 Å². The first-order valence-corrected chi connectivity index (χ1v) is 8.85. The predicted molar refractivity (Wildman–Crippen MR) is 92.7 cm³/mol. The summed E-state index contributed by atoms with van der Waals surface area (Å²) in [6.45, 7) is 3.65. The monoisotopic (exact) mass is 349 g/mol. The van der Waals surface area contributed by atoms with Crippen LogP contribution in [0.3, 0.4) is 0 Å². The Bertz CT molecular complexity index is 774. The summed E-state index contributed by atoms with van der Waals surface area (Å²) in [6.07, 6.45) is 2.44. The van der Waals surface area contributed by atoms with Crippen LogP contribution >= 0.6 is 11.8 Å². The van der Waals surface area contributed by atoms with Crippen LogP contribution in [-0.4, -0.2) is 22.1 Å². The van der Waals surface area contributed by atoms with Crippen LogP contribution in [-0.2, 0) is 11.2 Å². The summed E-state index contributed by atoms with van der Waals surface area (Å²) in [5, 5.41) is 3.41. The number of amides is 1. The third-order valence-electron chi connectivity index (χ3n) is 3.75. The number of benzene rings is 1. The Hall–Kier alpha value is -2.15. The Kier molecular flexibility index (Phi) is 6.14. The van der Waals surface area contributed by atoms with Gasteiger partial charge in [-0.2, -0.15) is 0 Å². The van der Waals surface area contributed by atoms with Crippen LogP contribution in [0, 0.1) is 12.7 Å². The van der Waals surface area contributed by atoms with Gasteiger partial charge in [0, 0.05) is 11.3 Å². The molecule has 0 aliphatic rings. The molecule has 0 fully saturated rings. The van der Waals surface area contributed by atoms with Crippen molar-refractivity contribution in [1.29, 1.82) is 0 Å². The van der Waals surface area contributed by atoms with Crippen LogP contribution < -0.4 is 10.9 Å². The van der Waals surface area contributed by atoms with E-state index in [0.717, 1.165) is 5.56 Å². The van der Waals surface area contributed by atoms with Crippen LogP contribution in [0.15, 0.2) is 34.2 Å². The first kappa shape index (κ1) is 18.2. The molecule has 1 atom stereocenters. The molecule has 5 nitrogen and oxygen atoms in total. The molecule has 0 aliphatic carbocycles. The minimum Gasteiger partial charge on any atom is -0.349 e. The highest BCUT2D eigenvalue weighted by Gasteiger charge is 2.16. The van der Waals surface area contributed by atoms with Gasteiger partial charge in [-0.15, -0.1) is 0 Å². The van der Waals surface area contributed by atoms with Crippen molar-refractivity contribution in [3.63, 3.8) is 0 Å². The van der Waals surface area contributed by atoms with Gasteiger partial charge in [-0.1, -0.05) is 30.8 Å². The molecular weight excluding hydrogens is 329 g/mol. The average molecular weight is 349 g/mol. The number of halogens is 1. The number of rotatable bonds is 6. The first-order valence-electron chi connectivity index (χ1n) is 7.63. The molecule has 0 saturated heterocycles. The maximum Gasteiger partial charge on any atom is 0.255 e. The number of carbonyl (C=O) groups excluding carboxylic acids is 1. The fourth-order valence-corrected chi connectivity index (χ4v) is 2.83. The summed E-state index contributed by atoms with van der Waals surface area (Å²) in [5.74, 6) is -0.583. The highest BCUT2D eigenvalue weighted by molar-refractivity contribution is 7.98. The van der Waals surface area contributed by atoms with E-state index in [9.17, 15) is 14.0 Å². The molecule has 1 aromatic carbocycles. The summed E-state index contributed by atoms with van der Waals surface area (Å²) in [4.78, 5) is 31.3. The molecule has 0 aliphatic heterocycles. The minimum absolute atomic E-state index is 0.0411. The van der Waals surface area contributed by atoms with Gasteiger partial charge in [0.15, 0.2) is 5.16 Å². The van der Waals surface area contributed by atoms with Gasteiger partial charge in [-0.3, -0.25) is 9.59 Å². The summed E-state index contributed by atoms with van der Waals surface area (Å²) < 4.78 is 13.0. The van der Waals surface area contributed by atoms with Crippen LogP contribution in [0.25, 0.3) is 0 Å². The van der Waals surface area contributed by atoms with Crippen LogP contribution in [0.2, 0.25) is 0 Å². The van der Waals surface area contributed by atoms with Gasteiger partial charge in [0.05, 0.1) is 12.5 Å². The van der Waals surface area contributed by atoms with Crippen molar-refractivity contribution >= 4 is 17.7 Å². The van der Waals surface area contributed by atoms with Crippen molar-refractivity contribution in [2.75, 3.05) is 6.26 Å². The van der Waals surface area contributed by atoms with Gasteiger partial charge < -0.3 is 10.3 Å². The molecule has 0 unspecified atom stereocenters. The largest absolute Gasteiger partial charge is 0.349 e. The number of aromatic nitrogens is 2. The molecule has 2 aromatic rings. The van der Waals surface area contributed by atoms with E-state index in [1.54, 1.807) is 19.1 Å². The van der Waals surface area contributed by atoms with E-state index in [4.69, 9.17) is 0 Å². The highest BCUT2D eigenvalue weighted by atomic mass is 32.2. The normalized spacial score (nSPS) is 12.0. The van der Waals surface area contributed by atoms with Crippen LogP contribution in [0.4, 0.5) is 4.39 Å². The Morgan fingerprint density at radius 1 is 1.38 bits per heavy atom. The van der Waals surface area contributed by atoms with E-state index in [-0.39, 0.29) is 29.7 Å². The van der Waals surface area contributed by atoms with Gasteiger partial charge in [0.2, 0.25) is 5.91 Å². The van der Waals surface area contributed by atoms with Gasteiger partial charge in [-0.05, 0) is 37.3 Å². The molecule has 1 aromatic heterocycles. The van der Waals surface area contributed by atoms with Gasteiger partial charge in [0.1, 0.15) is 5.82 Å². The van der Waals surface area contributed by atoms with E-state index < -0.39 is 0 Å².